The molecule has 9 aromatic carbocycles. The van der Waals surface area contributed by atoms with Crippen LogP contribution in [-0.4, -0.2) is 32.6 Å². The second-order valence-corrected chi connectivity index (χ2v) is 19.1. The van der Waals surface area contributed by atoms with E-state index >= 15 is 0 Å². The standard InChI is InChI=1S/C62H47N7/c1-38(2)46-33-41(40-19-6-5-7-20-40)34-47(39(3)4)60(46)69-55-30-15-11-26-51(55)64-62(69)67-53-28-13-9-24-45(53)49-36-48-44-23-8-12-27-52(44)65(58(48)37-59(49)67)42-21-18-22-43(35-42)66-56-31-16-17-32-57(56)68-54-29-14-10-25-50(54)63-61(66)68/h5-39H,1-4H3. The number of aromatic nitrogens is 7. The molecule has 0 spiro atoms. The Morgan fingerprint density at radius 3 is 1.52 bits per heavy atom. The van der Waals surface area contributed by atoms with Gasteiger partial charge in [0, 0.05) is 27.2 Å². The maximum atomic E-state index is 5.63. The molecule has 5 aromatic heterocycles. The van der Waals surface area contributed by atoms with E-state index in [0.717, 1.165) is 78.3 Å². The highest BCUT2D eigenvalue weighted by Gasteiger charge is 2.27. The largest absolute Gasteiger partial charge is 0.309 e. The van der Waals surface area contributed by atoms with E-state index in [4.69, 9.17) is 9.97 Å². The third-order valence-electron chi connectivity index (χ3n) is 14.4. The van der Waals surface area contributed by atoms with Crippen LogP contribution in [0.3, 0.4) is 0 Å². The molecular formula is C62H47N7. The predicted octanol–water partition coefficient (Wildman–Crippen LogP) is 15.9. The average molecular weight is 890 g/mol. The molecule has 0 saturated carbocycles. The molecule has 0 aliphatic rings. The third kappa shape index (κ3) is 5.74. The lowest BCUT2D eigenvalue weighted by atomic mass is 9.88. The van der Waals surface area contributed by atoms with E-state index < -0.39 is 0 Å². The van der Waals surface area contributed by atoms with E-state index in [1.54, 1.807) is 0 Å². The lowest BCUT2D eigenvalue weighted by Crippen LogP contribution is -2.12. The Morgan fingerprint density at radius 1 is 0.333 bits per heavy atom. The SMILES string of the molecule is CC(C)c1cc(-c2ccccc2)cc(C(C)C)c1-n1c(-n2c3ccccc3c3cc4c5ccccc5n(-c5cccc(-n6c7ccccc7n7c8ccccc8nc67)c5)c4cc32)nc2ccccc21. The summed E-state index contributed by atoms with van der Waals surface area (Å²) in [6.07, 6.45) is 0. The van der Waals surface area contributed by atoms with Gasteiger partial charge in [-0.05, 0) is 125 Å². The summed E-state index contributed by atoms with van der Waals surface area (Å²) in [5.74, 6) is 2.25. The zero-order chi connectivity index (χ0) is 46.1. The van der Waals surface area contributed by atoms with Crippen molar-refractivity contribution in [3.05, 3.63) is 211 Å². The molecule has 14 rings (SSSR count). The van der Waals surface area contributed by atoms with E-state index in [1.165, 1.54) is 49.5 Å². The van der Waals surface area contributed by atoms with Crippen LogP contribution in [0.5, 0.6) is 0 Å². The zero-order valence-electron chi connectivity index (χ0n) is 38.8. The summed E-state index contributed by atoms with van der Waals surface area (Å²) in [7, 11) is 0. The van der Waals surface area contributed by atoms with Gasteiger partial charge in [0.25, 0.3) is 0 Å². The van der Waals surface area contributed by atoms with E-state index in [0.29, 0.717) is 0 Å². The number of para-hydroxylation sites is 8. The number of hydrogen-bond acceptors (Lipinski definition) is 2. The molecule has 0 aliphatic carbocycles. The fourth-order valence-electron chi connectivity index (χ4n) is 11.3. The minimum absolute atomic E-state index is 0.243. The van der Waals surface area contributed by atoms with Crippen molar-refractivity contribution < 1.29 is 0 Å². The van der Waals surface area contributed by atoms with Crippen LogP contribution in [0.1, 0.15) is 50.7 Å². The monoisotopic (exact) mass is 889 g/mol. The molecule has 0 amide bonds. The molecule has 0 N–H and O–H groups in total. The van der Waals surface area contributed by atoms with Crippen molar-refractivity contribution >= 4 is 82.5 Å². The smallest absolute Gasteiger partial charge is 0.220 e. The molecule has 330 valence electrons. The van der Waals surface area contributed by atoms with Crippen LogP contribution in [0.25, 0.3) is 117 Å². The van der Waals surface area contributed by atoms with E-state index in [-0.39, 0.29) is 11.8 Å². The molecule has 7 heteroatoms. The van der Waals surface area contributed by atoms with Crippen LogP contribution in [0, 0.1) is 0 Å². The van der Waals surface area contributed by atoms with Gasteiger partial charge in [0.15, 0.2) is 0 Å². The highest BCUT2D eigenvalue weighted by atomic mass is 15.3. The second kappa shape index (κ2) is 14.9. The van der Waals surface area contributed by atoms with Gasteiger partial charge < -0.3 is 4.57 Å². The van der Waals surface area contributed by atoms with Gasteiger partial charge in [-0.25, -0.2) is 9.97 Å². The van der Waals surface area contributed by atoms with Crippen molar-refractivity contribution in [3.8, 4) is 34.1 Å². The molecule has 5 heterocycles. The van der Waals surface area contributed by atoms with Gasteiger partial charge in [-0.3, -0.25) is 18.1 Å². The lowest BCUT2D eigenvalue weighted by molar-refractivity contribution is 0.802. The van der Waals surface area contributed by atoms with Crippen molar-refractivity contribution in [2.75, 3.05) is 0 Å². The van der Waals surface area contributed by atoms with Gasteiger partial charge in [-0.2, -0.15) is 0 Å². The fourth-order valence-corrected chi connectivity index (χ4v) is 11.3. The summed E-state index contributed by atoms with van der Waals surface area (Å²) in [4.78, 5) is 10.8. The number of benzene rings is 9. The minimum atomic E-state index is 0.243. The van der Waals surface area contributed by atoms with Crippen molar-refractivity contribution in [3.63, 3.8) is 0 Å². The first-order valence-corrected chi connectivity index (χ1v) is 24.1. The molecule has 0 fully saturated rings. The van der Waals surface area contributed by atoms with Crippen LogP contribution < -0.4 is 0 Å². The maximum Gasteiger partial charge on any atom is 0.220 e. The average Bonchev–Trinajstić information content (AvgIpc) is 4.18. The topological polar surface area (TPSA) is 49.9 Å². The van der Waals surface area contributed by atoms with Gasteiger partial charge in [0.05, 0.1) is 66.5 Å². The van der Waals surface area contributed by atoms with Crippen molar-refractivity contribution in [2.45, 2.75) is 39.5 Å². The van der Waals surface area contributed by atoms with Crippen LogP contribution in [0.2, 0.25) is 0 Å². The molecule has 0 saturated heterocycles. The maximum absolute atomic E-state index is 5.63. The number of rotatable bonds is 7. The van der Waals surface area contributed by atoms with Crippen molar-refractivity contribution in [1.29, 1.82) is 0 Å². The van der Waals surface area contributed by atoms with Crippen molar-refractivity contribution in [1.82, 2.24) is 32.6 Å². The first-order chi connectivity index (χ1) is 33.9. The summed E-state index contributed by atoms with van der Waals surface area (Å²) in [6, 6.07) is 72.7. The molecule has 14 aromatic rings. The number of imidazole rings is 3. The summed E-state index contributed by atoms with van der Waals surface area (Å²) < 4.78 is 11.9. The van der Waals surface area contributed by atoms with E-state index in [1.807, 2.05) is 0 Å². The lowest BCUT2D eigenvalue weighted by Gasteiger charge is -2.24. The Balaban J connectivity index is 1.06. The van der Waals surface area contributed by atoms with Crippen LogP contribution in [0.4, 0.5) is 0 Å². The molecule has 0 radical (unpaired) electrons. The Kier molecular flexibility index (Phi) is 8.53. The summed E-state index contributed by atoms with van der Waals surface area (Å²) >= 11 is 0. The quantitative estimate of drug-likeness (QED) is 0.160. The van der Waals surface area contributed by atoms with Gasteiger partial charge in [-0.1, -0.05) is 137 Å². The van der Waals surface area contributed by atoms with E-state index in [2.05, 4.69) is 251 Å². The highest BCUT2D eigenvalue weighted by molar-refractivity contribution is 6.19. The summed E-state index contributed by atoms with van der Waals surface area (Å²) in [5.41, 5.74) is 19.2. The molecule has 0 aliphatic heterocycles. The second-order valence-electron chi connectivity index (χ2n) is 19.1. The first kappa shape index (κ1) is 39.5. The molecule has 69 heavy (non-hydrogen) atoms. The minimum Gasteiger partial charge on any atom is -0.309 e. The highest BCUT2D eigenvalue weighted by Crippen LogP contribution is 2.43. The van der Waals surface area contributed by atoms with Crippen LogP contribution >= 0.6 is 0 Å². The molecular weight excluding hydrogens is 843 g/mol. The Labute approximate surface area is 398 Å². The third-order valence-corrected chi connectivity index (χ3v) is 14.4. The first-order valence-electron chi connectivity index (χ1n) is 24.1. The molecule has 0 atom stereocenters. The Hall–Kier alpha value is -8.68. The van der Waals surface area contributed by atoms with Gasteiger partial charge in [0.2, 0.25) is 11.7 Å². The Morgan fingerprint density at radius 2 is 0.855 bits per heavy atom. The van der Waals surface area contributed by atoms with Crippen LogP contribution in [0.15, 0.2) is 200 Å². The van der Waals surface area contributed by atoms with Crippen LogP contribution in [-0.2, 0) is 0 Å². The van der Waals surface area contributed by atoms with Gasteiger partial charge >= 0.3 is 0 Å². The fraction of sp³-hybridized carbons (Fsp3) is 0.0968. The van der Waals surface area contributed by atoms with Gasteiger partial charge in [-0.15, -0.1) is 0 Å². The number of nitrogens with zero attached hydrogens (tertiary/aromatic N) is 7. The number of hydrogen-bond donors (Lipinski definition) is 0. The van der Waals surface area contributed by atoms with E-state index in [9.17, 15) is 0 Å². The van der Waals surface area contributed by atoms with Crippen molar-refractivity contribution in [2.24, 2.45) is 0 Å². The Bertz CT molecular complexity index is 4350. The summed E-state index contributed by atoms with van der Waals surface area (Å²) in [6.45, 7) is 9.28. The normalized spacial score (nSPS) is 12.3. The number of fused-ring (bicyclic) bond motifs is 12. The van der Waals surface area contributed by atoms with Gasteiger partial charge in [0.1, 0.15) is 0 Å². The zero-order valence-corrected chi connectivity index (χ0v) is 38.8. The summed E-state index contributed by atoms with van der Waals surface area (Å²) in [5, 5.41) is 4.79. The predicted molar refractivity (Wildman–Crippen MR) is 286 cm³/mol. The molecule has 7 nitrogen and oxygen atoms in total. The molecule has 0 unspecified atom stereocenters. The molecule has 0 bridgehead atoms.